The smallest absolute Gasteiger partial charge is 0.169 e. The van der Waals surface area contributed by atoms with Crippen LogP contribution in [-0.4, -0.2) is 11.7 Å². The minimum atomic E-state index is 0.140. The Morgan fingerprint density at radius 3 is 2.62 bits per heavy atom. The average molecular weight is 245 g/mol. The Hall–Kier alpha value is -0.280. The first-order valence-electron chi connectivity index (χ1n) is 4.63. The maximum absolute atomic E-state index is 8.98. The van der Waals surface area contributed by atoms with E-state index in [4.69, 9.17) is 9.52 Å². The molecule has 0 aliphatic heterocycles. The molecule has 13 heavy (non-hydrogen) atoms. The highest BCUT2D eigenvalue weighted by Crippen LogP contribution is 2.47. The van der Waals surface area contributed by atoms with Crippen LogP contribution in [0, 0.1) is 0 Å². The van der Waals surface area contributed by atoms with E-state index >= 15 is 0 Å². The fourth-order valence-corrected chi connectivity index (χ4v) is 2.34. The molecule has 0 unspecified atom stereocenters. The summed E-state index contributed by atoms with van der Waals surface area (Å²) < 4.78 is 6.33. The van der Waals surface area contributed by atoms with Crippen molar-refractivity contribution in [3.8, 4) is 0 Å². The maximum atomic E-state index is 8.98. The normalized spacial score (nSPS) is 19.8. The molecule has 72 valence electrons. The minimum absolute atomic E-state index is 0.140. The highest BCUT2D eigenvalue weighted by Gasteiger charge is 2.40. The Morgan fingerprint density at radius 2 is 2.23 bits per heavy atom. The van der Waals surface area contributed by atoms with Gasteiger partial charge in [0, 0.05) is 12.0 Å². The van der Waals surface area contributed by atoms with E-state index in [1.165, 1.54) is 6.42 Å². The van der Waals surface area contributed by atoms with Crippen LogP contribution in [0.25, 0.3) is 0 Å². The van der Waals surface area contributed by atoms with Crippen molar-refractivity contribution in [3.05, 3.63) is 22.6 Å². The van der Waals surface area contributed by atoms with Crippen LogP contribution in [0.5, 0.6) is 0 Å². The molecule has 1 aliphatic carbocycles. The van der Waals surface area contributed by atoms with Crippen molar-refractivity contribution < 1.29 is 9.52 Å². The van der Waals surface area contributed by atoms with E-state index in [2.05, 4.69) is 15.9 Å². The van der Waals surface area contributed by atoms with Crippen LogP contribution in [-0.2, 0) is 5.41 Å². The van der Waals surface area contributed by atoms with Gasteiger partial charge in [-0.25, -0.2) is 0 Å². The van der Waals surface area contributed by atoms with Crippen LogP contribution in [0.4, 0.5) is 0 Å². The molecule has 0 bridgehead atoms. The van der Waals surface area contributed by atoms with Gasteiger partial charge in [-0.1, -0.05) is 6.42 Å². The highest BCUT2D eigenvalue weighted by atomic mass is 79.9. The van der Waals surface area contributed by atoms with Gasteiger partial charge in [0.25, 0.3) is 0 Å². The largest absolute Gasteiger partial charge is 0.454 e. The van der Waals surface area contributed by atoms with Crippen molar-refractivity contribution in [1.29, 1.82) is 0 Å². The van der Waals surface area contributed by atoms with E-state index in [-0.39, 0.29) is 12.0 Å². The highest BCUT2D eigenvalue weighted by molar-refractivity contribution is 9.10. The van der Waals surface area contributed by atoms with Crippen molar-refractivity contribution in [2.75, 3.05) is 6.61 Å². The molecule has 3 heteroatoms. The summed E-state index contributed by atoms with van der Waals surface area (Å²) >= 11 is 3.30. The van der Waals surface area contributed by atoms with Gasteiger partial charge in [-0.15, -0.1) is 0 Å². The van der Waals surface area contributed by atoms with Crippen LogP contribution >= 0.6 is 15.9 Å². The van der Waals surface area contributed by atoms with Gasteiger partial charge < -0.3 is 9.52 Å². The molecule has 0 atom stereocenters. The monoisotopic (exact) mass is 244 g/mol. The third kappa shape index (κ3) is 1.55. The van der Waals surface area contributed by atoms with Crippen molar-refractivity contribution in [2.24, 2.45) is 0 Å². The summed E-state index contributed by atoms with van der Waals surface area (Å²) in [5.41, 5.74) is 0.140. The van der Waals surface area contributed by atoms with Gasteiger partial charge in [-0.2, -0.15) is 0 Å². The summed E-state index contributed by atoms with van der Waals surface area (Å²) in [4.78, 5) is 0. The van der Waals surface area contributed by atoms with E-state index in [1.54, 1.807) is 0 Å². The van der Waals surface area contributed by atoms with Crippen molar-refractivity contribution in [3.63, 3.8) is 0 Å². The molecular weight excluding hydrogens is 232 g/mol. The van der Waals surface area contributed by atoms with Gasteiger partial charge in [0.05, 0.1) is 0 Å². The standard InChI is InChI=1S/C10H13BrO2/c11-9-3-2-8(13-9)10(6-7-12)4-1-5-10/h2-3,12H,1,4-7H2. The Kier molecular flexibility index (Phi) is 2.47. The van der Waals surface area contributed by atoms with Crippen molar-refractivity contribution >= 4 is 15.9 Å². The fourth-order valence-electron chi connectivity index (χ4n) is 2.04. The Bertz CT molecular complexity index is 289. The number of furan rings is 1. The van der Waals surface area contributed by atoms with E-state index in [0.717, 1.165) is 29.7 Å². The lowest BCUT2D eigenvalue weighted by Gasteiger charge is -2.39. The molecule has 0 radical (unpaired) electrons. The summed E-state index contributed by atoms with van der Waals surface area (Å²) in [7, 11) is 0. The van der Waals surface area contributed by atoms with Crippen molar-refractivity contribution in [1.82, 2.24) is 0 Å². The SMILES string of the molecule is OCCC1(c2ccc(Br)o2)CCC1. The van der Waals surface area contributed by atoms with Crippen molar-refractivity contribution in [2.45, 2.75) is 31.1 Å². The van der Waals surface area contributed by atoms with Crippen LogP contribution in [0.15, 0.2) is 21.2 Å². The number of hydrogen-bond donors (Lipinski definition) is 1. The molecule has 0 aromatic carbocycles. The summed E-state index contributed by atoms with van der Waals surface area (Å²) in [5.74, 6) is 1.03. The third-order valence-electron chi connectivity index (χ3n) is 3.00. The van der Waals surface area contributed by atoms with Crippen LogP contribution in [0.3, 0.4) is 0 Å². The first-order chi connectivity index (χ1) is 6.27. The van der Waals surface area contributed by atoms with E-state index < -0.39 is 0 Å². The second-order valence-electron chi connectivity index (χ2n) is 3.71. The summed E-state index contributed by atoms with van der Waals surface area (Å²) in [6.45, 7) is 0.248. The zero-order valence-corrected chi connectivity index (χ0v) is 9.01. The topological polar surface area (TPSA) is 33.4 Å². The molecule has 0 spiro atoms. The molecule has 0 saturated heterocycles. The number of aliphatic hydroxyl groups excluding tert-OH is 1. The van der Waals surface area contributed by atoms with Gasteiger partial charge in [-0.05, 0) is 47.3 Å². The molecule has 2 nitrogen and oxygen atoms in total. The predicted molar refractivity (Wildman–Crippen MR) is 53.6 cm³/mol. The number of aliphatic hydroxyl groups is 1. The molecule has 1 saturated carbocycles. The Balaban J connectivity index is 2.21. The summed E-state index contributed by atoms with van der Waals surface area (Å²) in [6.07, 6.45) is 4.37. The summed E-state index contributed by atoms with van der Waals surface area (Å²) in [5, 5.41) is 8.98. The molecule has 0 amide bonds. The fraction of sp³-hybridized carbons (Fsp3) is 0.600. The van der Waals surface area contributed by atoms with E-state index in [1.807, 2.05) is 12.1 Å². The average Bonchev–Trinajstić information content (AvgIpc) is 2.44. The summed E-state index contributed by atoms with van der Waals surface area (Å²) in [6, 6.07) is 3.94. The van der Waals surface area contributed by atoms with Crippen LogP contribution in [0.1, 0.15) is 31.4 Å². The Labute approximate surface area is 86.1 Å². The minimum Gasteiger partial charge on any atom is -0.454 e. The second-order valence-corrected chi connectivity index (χ2v) is 4.49. The zero-order valence-electron chi connectivity index (χ0n) is 7.42. The van der Waals surface area contributed by atoms with Crippen LogP contribution in [0.2, 0.25) is 0 Å². The first-order valence-corrected chi connectivity index (χ1v) is 5.43. The quantitative estimate of drug-likeness (QED) is 0.888. The Morgan fingerprint density at radius 1 is 1.46 bits per heavy atom. The number of halogens is 1. The lowest BCUT2D eigenvalue weighted by molar-refractivity contribution is 0.141. The van der Waals surface area contributed by atoms with Gasteiger partial charge in [0.2, 0.25) is 0 Å². The van der Waals surface area contributed by atoms with Gasteiger partial charge >= 0.3 is 0 Å². The molecule has 2 rings (SSSR count). The first kappa shape index (κ1) is 9.28. The molecule has 1 heterocycles. The lowest BCUT2D eigenvalue weighted by atomic mass is 9.65. The maximum Gasteiger partial charge on any atom is 0.169 e. The van der Waals surface area contributed by atoms with Gasteiger partial charge in [-0.3, -0.25) is 0 Å². The molecule has 1 aromatic heterocycles. The van der Waals surface area contributed by atoms with Gasteiger partial charge in [0.1, 0.15) is 5.76 Å². The third-order valence-corrected chi connectivity index (χ3v) is 3.42. The number of rotatable bonds is 3. The molecule has 1 N–H and O–H groups in total. The lowest BCUT2D eigenvalue weighted by Crippen LogP contribution is -2.34. The second kappa shape index (κ2) is 3.46. The molecule has 1 aromatic rings. The zero-order chi connectivity index (χ0) is 9.31. The number of hydrogen-bond acceptors (Lipinski definition) is 2. The van der Waals surface area contributed by atoms with Crippen LogP contribution < -0.4 is 0 Å². The molecule has 1 fully saturated rings. The predicted octanol–water partition coefficient (Wildman–Crippen LogP) is 2.85. The molecule has 1 aliphatic rings. The van der Waals surface area contributed by atoms with E-state index in [9.17, 15) is 0 Å². The van der Waals surface area contributed by atoms with Gasteiger partial charge in [0.15, 0.2) is 4.67 Å². The van der Waals surface area contributed by atoms with E-state index in [0.29, 0.717) is 0 Å². The molecular formula is C10H13BrO2.